The average Bonchev–Trinajstić information content (AvgIpc) is 3.01. The molecule has 0 saturated carbocycles. The number of hydrogen-bond donors (Lipinski definition) is 1. The van der Waals surface area contributed by atoms with Crippen molar-refractivity contribution >= 4 is 11.7 Å². The third-order valence-corrected chi connectivity index (χ3v) is 3.43. The summed E-state index contributed by atoms with van der Waals surface area (Å²) in [4.78, 5) is 11.7. The number of aromatic nitrogens is 1. The molecule has 20 heavy (non-hydrogen) atoms. The Labute approximate surface area is 116 Å². The number of carbonyl (C=O) groups is 1. The lowest BCUT2D eigenvalue weighted by Crippen LogP contribution is -2.23. The van der Waals surface area contributed by atoms with Crippen LogP contribution in [0.25, 0.3) is 0 Å². The van der Waals surface area contributed by atoms with Crippen LogP contribution < -0.4 is 10.5 Å². The second-order valence-corrected chi connectivity index (χ2v) is 4.85. The monoisotopic (exact) mass is 272 g/mol. The number of nitrogens with zero attached hydrogens (tertiary/aromatic N) is 1. The van der Waals surface area contributed by atoms with Gasteiger partial charge in [0.2, 0.25) is 0 Å². The van der Waals surface area contributed by atoms with Crippen LogP contribution in [-0.4, -0.2) is 23.8 Å². The third kappa shape index (κ3) is 2.22. The number of nitrogens with two attached hydrogens (primary N) is 1. The normalized spacial score (nSPS) is 16.6. The summed E-state index contributed by atoms with van der Waals surface area (Å²) in [7, 11) is 1.36. The molecule has 3 rings (SSSR count). The maximum absolute atomic E-state index is 11.7. The van der Waals surface area contributed by atoms with E-state index in [2.05, 4.69) is 6.07 Å². The first kappa shape index (κ1) is 12.6. The molecule has 1 aliphatic heterocycles. The topological polar surface area (TPSA) is 66.5 Å². The molecule has 2 heterocycles. The zero-order chi connectivity index (χ0) is 14.1. The predicted octanol–water partition coefficient (Wildman–Crippen LogP) is 1.86. The number of ether oxygens (including phenoxy) is 2. The molecule has 0 aliphatic carbocycles. The van der Waals surface area contributed by atoms with Gasteiger partial charge in [-0.2, -0.15) is 0 Å². The first-order valence-electron chi connectivity index (χ1n) is 6.46. The third-order valence-electron chi connectivity index (χ3n) is 3.43. The summed E-state index contributed by atoms with van der Waals surface area (Å²) < 4.78 is 12.4. The van der Waals surface area contributed by atoms with Crippen molar-refractivity contribution in [1.29, 1.82) is 0 Å². The SMILES string of the molecule is COC(=O)c1cc(N)cn1CC1Cc2ccccc2O1. The molecular formula is C15H16N2O3. The molecule has 5 nitrogen and oxygen atoms in total. The van der Waals surface area contributed by atoms with E-state index in [1.807, 2.05) is 18.2 Å². The molecule has 104 valence electrons. The number of hydrogen-bond acceptors (Lipinski definition) is 4. The van der Waals surface area contributed by atoms with Crippen molar-refractivity contribution in [2.24, 2.45) is 0 Å². The Morgan fingerprint density at radius 3 is 3.05 bits per heavy atom. The molecule has 0 fully saturated rings. The van der Waals surface area contributed by atoms with Gasteiger partial charge in [-0.05, 0) is 17.7 Å². The van der Waals surface area contributed by atoms with E-state index in [-0.39, 0.29) is 6.10 Å². The Kier molecular flexibility index (Phi) is 3.10. The number of carbonyl (C=O) groups excluding carboxylic acids is 1. The number of benzene rings is 1. The van der Waals surface area contributed by atoms with Crippen molar-refractivity contribution in [3.05, 3.63) is 47.8 Å². The quantitative estimate of drug-likeness (QED) is 0.866. The van der Waals surface area contributed by atoms with E-state index in [0.717, 1.165) is 12.2 Å². The van der Waals surface area contributed by atoms with Gasteiger partial charge in [0.1, 0.15) is 17.5 Å². The first-order valence-corrected chi connectivity index (χ1v) is 6.46. The highest BCUT2D eigenvalue weighted by atomic mass is 16.5. The van der Waals surface area contributed by atoms with Gasteiger partial charge in [-0.15, -0.1) is 0 Å². The molecule has 1 aromatic carbocycles. The molecule has 0 bridgehead atoms. The Balaban J connectivity index is 1.79. The number of anilines is 1. The van der Waals surface area contributed by atoms with Crippen LogP contribution in [0.15, 0.2) is 36.5 Å². The Morgan fingerprint density at radius 2 is 2.30 bits per heavy atom. The van der Waals surface area contributed by atoms with Gasteiger partial charge in [-0.1, -0.05) is 18.2 Å². The molecule has 1 atom stereocenters. The minimum Gasteiger partial charge on any atom is -0.488 e. The van der Waals surface area contributed by atoms with E-state index in [9.17, 15) is 4.79 Å². The molecular weight excluding hydrogens is 256 g/mol. The van der Waals surface area contributed by atoms with Gasteiger partial charge in [0.25, 0.3) is 0 Å². The minimum atomic E-state index is -0.391. The van der Waals surface area contributed by atoms with Crippen LogP contribution in [0.1, 0.15) is 16.1 Å². The number of esters is 1. The fraction of sp³-hybridized carbons (Fsp3) is 0.267. The molecule has 2 N–H and O–H groups in total. The van der Waals surface area contributed by atoms with Crippen molar-refractivity contribution in [3.8, 4) is 5.75 Å². The van der Waals surface area contributed by atoms with E-state index < -0.39 is 5.97 Å². The van der Waals surface area contributed by atoms with Gasteiger partial charge in [-0.3, -0.25) is 0 Å². The largest absolute Gasteiger partial charge is 0.488 e. The molecule has 0 spiro atoms. The van der Waals surface area contributed by atoms with Crippen LogP contribution in [0.2, 0.25) is 0 Å². The van der Waals surface area contributed by atoms with Crippen LogP contribution in [-0.2, 0) is 17.7 Å². The summed E-state index contributed by atoms with van der Waals surface area (Å²) in [6.07, 6.45) is 2.57. The lowest BCUT2D eigenvalue weighted by molar-refractivity contribution is 0.0585. The van der Waals surface area contributed by atoms with Gasteiger partial charge in [0, 0.05) is 12.6 Å². The fourth-order valence-corrected chi connectivity index (χ4v) is 2.53. The summed E-state index contributed by atoms with van der Waals surface area (Å²) in [6, 6.07) is 9.59. The Bertz CT molecular complexity index is 623. The predicted molar refractivity (Wildman–Crippen MR) is 74.7 cm³/mol. The lowest BCUT2D eigenvalue weighted by atomic mass is 10.1. The van der Waals surface area contributed by atoms with Crippen molar-refractivity contribution in [3.63, 3.8) is 0 Å². The van der Waals surface area contributed by atoms with E-state index in [1.54, 1.807) is 16.8 Å². The standard InChI is InChI=1S/C15H16N2O3/c1-19-15(18)13-7-11(16)8-17(13)9-12-6-10-4-2-3-5-14(10)20-12/h2-5,7-8,12H,6,9,16H2,1H3. The van der Waals surface area contributed by atoms with Crippen LogP contribution >= 0.6 is 0 Å². The zero-order valence-corrected chi connectivity index (χ0v) is 11.2. The molecule has 5 heteroatoms. The number of methoxy groups -OCH3 is 1. The number of rotatable bonds is 3. The fourth-order valence-electron chi connectivity index (χ4n) is 2.53. The maximum Gasteiger partial charge on any atom is 0.354 e. The molecule has 0 radical (unpaired) electrons. The zero-order valence-electron chi connectivity index (χ0n) is 11.2. The smallest absolute Gasteiger partial charge is 0.354 e. The Hall–Kier alpha value is -2.43. The highest BCUT2D eigenvalue weighted by molar-refractivity contribution is 5.88. The Morgan fingerprint density at radius 1 is 1.50 bits per heavy atom. The van der Waals surface area contributed by atoms with Gasteiger partial charge < -0.3 is 19.8 Å². The summed E-state index contributed by atoms with van der Waals surface area (Å²) >= 11 is 0. The number of nitrogen functional groups attached to an aromatic ring is 1. The summed E-state index contributed by atoms with van der Waals surface area (Å²) in [5, 5.41) is 0. The summed E-state index contributed by atoms with van der Waals surface area (Å²) in [5.41, 5.74) is 7.94. The van der Waals surface area contributed by atoms with Gasteiger partial charge in [-0.25, -0.2) is 4.79 Å². The van der Waals surface area contributed by atoms with Crippen molar-refractivity contribution in [2.45, 2.75) is 19.1 Å². The molecule has 0 saturated heterocycles. The average molecular weight is 272 g/mol. The minimum absolute atomic E-state index is 0.00241. The van der Waals surface area contributed by atoms with Crippen molar-refractivity contribution in [1.82, 2.24) is 4.57 Å². The molecule has 1 unspecified atom stereocenters. The van der Waals surface area contributed by atoms with Crippen LogP contribution in [0.5, 0.6) is 5.75 Å². The highest BCUT2D eigenvalue weighted by Gasteiger charge is 2.24. The number of para-hydroxylation sites is 1. The molecule has 1 aromatic heterocycles. The maximum atomic E-state index is 11.7. The van der Waals surface area contributed by atoms with Gasteiger partial charge in [0.05, 0.1) is 19.3 Å². The van der Waals surface area contributed by atoms with E-state index in [4.69, 9.17) is 15.2 Å². The first-order chi connectivity index (χ1) is 9.67. The van der Waals surface area contributed by atoms with Crippen molar-refractivity contribution in [2.75, 3.05) is 12.8 Å². The van der Waals surface area contributed by atoms with E-state index in [0.29, 0.717) is 17.9 Å². The summed E-state index contributed by atoms with van der Waals surface area (Å²) in [6.45, 7) is 0.566. The second-order valence-electron chi connectivity index (χ2n) is 4.85. The van der Waals surface area contributed by atoms with Gasteiger partial charge >= 0.3 is 5.97 Å². The van der Waals surface area contributed by atoms with E-state index >= 15 is 0 Å². The molecule has 2 aromatic rings. The lowest BCUT2D eigenvalue weighted by Gasteiger charge is -2.13. The molecule has 0 amide bonds. The van der Waals surface area contributed by atoms with Crippen LogP contribution in [0.4, 0.5) is 5.69 Å². The van der Waals surface area contributed by atoms with Crippen LogP contribution in [0, 0.1) is 0 Å². The highest BCUT2D eigenvalue weighted by Crippen LogP contribution is 2.29. The second kappa shape index (κ2) is 4.92. The van der Waals surface area contributed by atoms with Gasteiger partial charge in [0.15, 0.2) is 0 Å². The van der Waals surface area contributed by atoms with Crippen LogP contribution in [0.3, 0.4) is 0 Å². The van der Waals surface area contributed by atoms with E-state index in [1.165, 1.54) is 12.7 Å². The summed E-state index contributed by atoms with van der Waals surface area (Å²) in [5.74, 6) is 0.523. The van der Waals surface area contributed by atoms with Crippen molar-refractivity contribution < 1.29 is 14.3 Å². The molecule has 1 aliphatic rings. The number of fused-ring (bicyclic) bond motifs is 1.